The Kier molecular flexibility index (Phi) is 6.74. The molecule has 2 fully saturated rings. The Hall–Kier alpha value is -2.54. The van der Waals surface area contributed by atoms with Gasteiger partial charge in [0.05, 0.1) is 28.8 Å². The highest BCUT2D eigenvalue weighted by molar-refractivity contribution is 6.46. The third-order valence-corrected chi connectivity index (χ3v) is 6.76. The van der Waals surface area contributed by atoms with Crippen LogP contribution in [0, 0.1) is 0 Å². The van der Waals surface area contributed by atoms with Crippen molar-refractivity contribution in [3.63, 3.8) is 0 Å². The highest BCUT2D eigenvalue weighted by atomic mass is 35.5. The van der Waals surface area contributed by atoms with E-state index in [0.29, 0.717) is 40.0 Å². The lowest BCUT2D eigenvalue weighted by molar-refractivity contribution is -0.140. The molecule has 0 saturated carbocycles. The summed E-state index contributed by atoms with van der Waals surface area (Å²) in [4.78, 5) is 29.9. The van der Waals surface area contributed by atoms with Crippen LogP contribution in [-0.2, 0) is 9.59 Å². The largest absolute Gasteiger partial charge is 0.507 e. The molecule has 8 heteroatoms. The smallest absolute Gasteiger partial charge is 0.295 e. The number of carbonyl (C=O) groups excluding carboxylic acids is 2. The summed E-state index contributed by atoms with van der Waals surface area (Å²) in [6.07, 6.45) is 2.26. The molecule has 32 heavy (non-hydrogen) atoms. The van der Waals surface area contributed by atoms with Gasteiger partial charge in [-0.2, -0.15) is 0 Å². The number of carbonyl (C=O) groups is 2. The van der Waals surface area contributed by atoms with E-state index < -0.39 is 17.7 Å². The summed E-state index contributed by atoms with van der Waals surface area (Å²) in [5.41, 5.74) is 1.09. The first kappa shape index (κ1) is 22.6. The molecular weight excluding hydrogens is 451 g/mol. The fourth-order valence-corrected chi connectivity index (χ4v) is 4.61. The molecule has 0 bridgehead atoms. The van der Waals surface area contributed by atoms with Gasteiger partial charge in [0.15, 0.2) is 0 Å². The van der Waals surface area contributed by atoms with E-state index in [9.17, 15) is 14.7 Å². The number of Topliss-reactive ketones (excluding diaryl/α,β-unsaturated/α-hetero) is 1. The van der Waals surface area contributed by atoms with Crippen molar-refractivity contribution in [1.29, 1.82) is 0 Å². The number of aliphatic hydroxyl groups excluding tert-OH is 1. The number of rotatable bonds is 6. The van der Waals surface area contributed by atoms with Gasteiger partial charge in [-0.05, 0) is 67.9 Å². The Morgan fingerprint density at radius 1 is 1.03 bits per heavy atom. The molecule has 2 saturated heterocycles. The first-order chi connectivity index (χ1) is 15.4. The van der Waals surface area contributed by atoms with Crippen LogP contribution < -0.4 is 4.74 Å². The average molecular weight is 475 g/mol. The summed E-state index contributed by atoms with van der Waals surface area (Å²) < 4.78 is 5.17. The number of hydrogen-bond acceptors (Lipinski definition) is 5. The number of likely N-dealkylation sites (tertiary alicyclic amines) is 2. The van der Waals surface area contributed by atoms with Crippen LogP contribution in [0.15, 0.2) is 48.0 Å². The van der Waals surface area contributed by atoms with Crippen LogP contribution in [0.25, 0.3) is 5.76 Å². The van der Waals surface area contributed by atoms with Crippen molar-refractivity contribution in [3.8, 4) is 5.75 Å². The van der Waals surface area contributed by atoms with E-state index in [2.05, 4.69) is 4.90 Å². The number of benzene rings is 2. The van der Waals surface area contributed by atoms with E-state index in [1.165, 1.54) is 4.90 Å². The molecule has 1 N–H and O–H groups in total. The second-order valence-corrected chi connectivity index (χ2v) is 8.76. The third kappa shape index (κ3) is 4.35. The Morgan fingerprint density at radius 3 is 2.34 bits per heavy atom. The predicted molar refractivity (Wildman–Crippen MR) is 124 cm³/mol. The highest BCUT2D eigenvalue weighted by Crippen LogP contribution is 2.41. The Labute approximate surface area is 197 Å². The molecule has 2 aromatic carbocycles. The zero-order chi connectivity index (χ0) is 22.8. The van der Waals surface area contributed by atoms with E-state index in [1.807, 2.05) is 0 Å². The minimum Gasteiger partial charge on any atom is -0.507 e. The molecule has 1 amide bonds. The van der Waals surface area contributed by atoms with Crippen molar-refractivity contribution >= 4 is 40.7 Å². The van der Waals surface area contributed by atoms with Crippen LogP contribution in [0.4, 0.5) is 0 Å². The van der Waals surface area contributed by atoms with Crippen LogP contribution in [0.3, 0.4) is 0 Å². The van der Waals surface area contributed by atoms with Gasteiger partial charge in [-0.25, -0.2) is 0 Å². The van der Waals surface area contributed by atoms with Gasteiger partial charge in [-0.1, -0.05) is 29.3 Å². The molecule has 0 spiro atoms. The zero-order valence-electron chi connectivity index (χ0n) is 17.7. The molecule has 1 atom stereocenters. The maximum atomic E-state index is 13.1. The lowest BCUT2D eigenvalue weighted by Crippen LogP contribution is -2.37. The van der Waals surface area contributed by atoms with Gasteiger partial charge in [0.25, 0.3) is 11.7 Å². The van der Waals surface area contributed by atoms with Gasteiger partial charge in [-0.15, -0.1) is 0 Å². The molecule has 0 aliphatic carbocycles. The number of halogens is 2. The Morgan fingerprint density at radius 2 is 1.72 bits per heavy atom. The zero-order valence-corrected chi connectivity index (χ0v) is 19.2. The quantitative estimate of drug-likeness (QED) is 0.378. The minimum atomic E-state index is -0.755. The van der Waals surface area contributed by atoms with Crippen LogP contribution >= 0.6 is 23.2 Å². The second-order valence-electron chi connectivity index (χ2n) is 7.94. The van der Waals surface area contributed by atoms with Gasteiger partial charge < -0.3 is 19.6 Å². The minimum absolute atomic E-state index is 0.0416. The molecular formula is C24H24Cl2N2O4. The Balaban J connectivity index is 1.77. The van der Waals surface area contributed by atoms with E-state index in [1.54, 1.807) is 49.6 Å². The van der Waals surface area contributed by atoms with Crippen molar-refractivity contribution < 1.29 is 19.4 Å². The summed E-state index contributed by atoms with van der Waals surface area (Å²) in [6, 6.07) is 10.9. The molecule has 2 heterocycles. The highest BCUT2D eigenvalue weighted by Gasteiger charge is 2.46. The van der Waals surface area contributed by atoms with E-state index in [0.717, 1.165) is 25.9 Å². The van der Waals surface area contributed by atoms with Crippen molar-refractivity contribution in [1.82, 2.24) is 9.80 Å². The lowest BCUT2D eigenvalue weighted by atomic mass is 9.95. The van der Waals surface area contributed by atoms with Gasteiger partial charge >= 0.3 is 0 Å². The topological polar surface area (TPSA) is 70.1 Å². The second kappa shape index (κ2) is 9.53. The maximum Gasteiger partial charge on any atom is 0.295 e. The number of aliphatic hydroxyl groups is 1. The Bertz CT molecular complexity index is 1060. The number of methoxy groups -OCH3 is 1. The number of ketones is 1. The van der Waals surface area contributed by atoms with Crippen LogP contribution in [0.5, 0.6) is 5.75 Å². The number of hydrogen-bond donors (Lipinski definition) is 1. The molecule has 2 aliphatic heterocycles. The van der Waals surface area contributed by atoms with Gasteiger partial charge in [0, 0.05) is 18.7 Å². The van der Waals surface area contributed by atoms with Crippen LogP contribution in [-0.4, -0.2) is 59.9 Å². The summed E-state index contributed by atoms with van der Waals surface area (Å²) in [6.45, 7) is 2.99. The first-order valence-corrected chi connectivity index (χ1v) is 11.3. The summed E-state index contributed by atoms with van der Waals surface area (Å²) in [5.74, 6) is -0.953. The van der Waals surface area contributed by atoms with Crippen molar-refractivity contribution in [2.75, 3.05) is 33.3 Å². The molecule has 0 aromatic heterocycles. The molecule has 4 rings (SSSR count). The lowest BCUT2D eigenvalue weighted by Gasteiger charge is -2.27. The van der Waals surface area contributed by atoms with Crippen LogP contribution in [0.2, 0.25) is 10.0 Å². The standard InChI is InChI=1S/C24H24Cl2N2O4/c1-32-17-7-4-15(5-8-17)22(29)20-21(16-6-9-18(25)19(26)14-16)28(24(31)23(20)30)13-12-27-10-2-3-11-27/h4-9,14,21,29H,2-3,10-13H2,1H3/b22-20+. The molecule has 2 aliphatic rings. The monoisotopic (exact) mass is 474 g/mol. The molecule has 1 unspecified atom stereocenters. The van der Waals surface area contributed by atoms with E-state index in [-0.39, 0.29) is 11.3 Å². The predicted octanol–water partition coefficient (Wildman–Crippen LogP) is 4.52. The van der Waals surface area contributed by atoms with Crippen molar-refractivity contribution in [2.24, 2.45) is 0 Å². The SMILES string of the molecule is COc1ccc(/C(O)=C2\C(=O)C(=O)N(CCN3CCCC3)C2c2ccc(Cl)c(Cl)c2)cc1. The van der Waals surface area contributed by atoms with Crippen LogP contribution in [0.1, 0.15) is 30.0 Å². The number of ether oxygens (including phenoxy) is 1. The maximum absolute atomic E-state index is 13.1. The molecule has 2 aromatic rings. The normalized spacial score (nSPS) is 20.8. The first-order valence-electron chi connectivity index (χ1n) is 10.5. The molecule has 0 radical (unpaired) electrons. The molecule has 6 nitrogen and oxygen atoms in total. The average Bonchev–Trinajstić information content (AvgIpc) is 3.41. The fourth-order valence-electron chi connectivity index (χ4n) is 4.30. The summed E-state index contributed by atoms with van der Waals surface area (Å²) in [7, 11) is 1.55. The van der Waals surface area contributed by atoms with Gasteiger partial charge in [0.1, 0.15) is 11.5 Å². The summed E-state index contributed by atoms with van der Waals surface area (Å²) >= 11 is 12.3. The third-order valence-electron chi connectivity index (χ3n) is 6.02. The van der Waals surface area contributed by atoms with Crippen molar-refractivity contribution in [2.45, 2.75) is 18.9 Å². The van der Waals surface area contributed by atoms with E-state index in [4.69, 9.17) is 27.9 Å². The van der Waals surface area contributed by atoms with Gasteiger partial charge in [0.2, 0.25) is 0 Å². The summed E-state index contributed by atoms with van der Waals surface area (Å²) in [5, 5.41) is 11.8. The van der Waals surface area contributed by atoms with Gasteiger partial charge in [-0.3, -0.25) is 9.59 Å². The number of amides is 1. The fraction of sp³-hybridized carbons (Fsp3) is 0.333. The molecule has 168 valence electrons. The van der Waals surface area contributed by atoms with E-state index >= 15 is 0 Å². The van der Waals surface area contributed by atoms with Crippen molar-refractivity contribution in [3.05, 3.63) is 69.2 Å². The number of nitrogens with zero attached hydrogens (tertiary/aromatic N) is 2.